The van der Waals surface area contributed by atoms with Crippen LogP contribution in [0.4, 0.5) is 4.79 Å². The molecule has 2 atom stereocenters. The van der Waals surface area contributed by atoms with Crippen LogP contribution < -0.4 is 10.6 Å². The number of ether oxygens (including phenoxy) is 2. The zero-order valence-electron chi connectivity index (χ0n) is 17.7. The number of fused-ring (bicyclic) bond motifs is 3. The first-order valence-corrected chi connectivity index (χ1v) is 10.0. The van der Waals surface area contributed by atoms with Gasteiger partial charge in [0.1, 0.15) is 18.7 Å². The number of benzene rings is 2. The molecular formula is C23H24N2O7. The van der Waals surface area contributed by atoms with Crippen LogP contribution >= 0.6 is 0 Å². The number of carbonyl (C=O) groups is 4. The molecule has 32 heavy (non-hydrogen) atoms. The molecule has 168 valence electrons. The van der Waals surface area contributed by atoms with Gasteiger partial charge in [-0.1, -0.05) is 48.5 Å². The monoisotopic (exact) mass is 440 g/mol. The second-order valence-electron chi connectivity index (χ2n) is 7.37. The number of hydrogen-bond donors (Lipinski definition) is 3. The Hall–Kier alpha value is -3.88. The second kappa shape index (κ2) is 9.95. The molecule has 0 aliphatic heterocycles. The number of aliphatic carboxylic acids is 1. The largest absolute Gasteiger partial charge is 0.480 e. The van der Waals surface area contributed by atoms with E-state index in [0.29, 0.717) is 0 Å². The van der Waals surface area contributed by atoms with Crippen molar-refractivity contribution in [3.63, 3.8) is 0 Å². The van der Waals surface area contributed by atoms with Crippen LogP contribution in [0.3, 0.4) is 0 Å². The molecule has 0 heterocycles. The smallest absolute Gasteiger partial charge is 0.407 e. The zero-order chi connectivity index (χ0) is 23.3. The van der Waals surface area contributed by atoms with E-state index in [0.717, 1.165) is 29.4 Å². The van der Waals surface area contributed by atoms with Crippen LogP contribution in [0.25, 0.3) is 11.1 Å². The van der Waals surface area contributed by atoms with Gasteiger partial charge >= 0.3 is 18.0 Å². The fourth-order valence-electron chi connectivity index (χ4n) is 3.63. The second-order valence-corrected chi connectivity index (χ2v) is 7.37. The highest BCUT2D eigenvalue weighted by Crippen LogP contribution is 2.44. The molecule has 0 fully saturated rings. The Morgan fingerprint density at radius 1 is 0.969 bits per heavy atom. The molecule has 0 saturated heterocycles. The molecule has 0 saturated carbocycles. The molecule has 3 rings (SSSR count). The Labute approximate surface area is 184 Å². The molecule has 3 N–H and O–H groups in total. The maximum absolute atomic E-state index is 12.3. The number of alkyl carbamates (subject to hydrolysis) is 1. The number of carbonyl (C=O) groups excluding carboxylic acids is 3. The third-order valence-corrected chi connectivity index (χ3v) is 5.28. The number of amides is 2. The Balaban J connectivity index is 1.57. The molecule has 0 aromatic heterocycles. The number of rotatable bonds is 8. The van der Waals surface area contributed by atoms with Crippen LogP contribution in [0, 0.1) is 0 Å². The van der Waals surface area contributed by atoms with E-state index >= 15 is 0 Å². The van der Waals surface area contributed by atoms with Gasteiger partial charge in [0.2, 0.25) is 5.91 Å². The third-order valence-electron chi connectivity index (χ3n) is 5.28. The van der Waals surface area contributed by atoms with Crippen molar-refractivity contribution >= 4 is 23.9 Å². The molecule has 0 spiro atoms. The predicted octanol–water partition coefficient (Wildman–Crippen LogP) is 2.05. The van der Waals surface area contributed by atoms with Gasteiger partial charge in [0.25, 0.3) is 0 Å². The van der Waals surface area contributed by atoms with Crippen molar-refractivity contribution in [2.24, 2.45) is 0 Å². The number of carboxylic acids is 1. The molecule has 1 unspecified atom stereocenters. The molecule has 0 bridgehead atoms. The average molecular weight is 440 g/mol. The minimum atomic E-state index is -1.47. The zero-order valence-corrected chi connectivity index (χ0v) is 17.7. The lowest BCUT2D eigenvalue weighted by atomic mass is 9.98. The maximum atomic E-state index is 12.3. The highest BCUT2D eigenvalue weighted by molar-refractivity contribution is 5.90. The van der Waals surface area contributed by atoms with Crippen LogP contribution in [0.15, 0.2) is 48.5 Å². The van der Waals surface area contributed by atoms with Crippen molar-refractivity contribution in [2.75, 3.05) is 13.7 Å². The quantitative estimate of drug-likeness (QED) is 0.536. The number of carboxylic acid groups (broad SMARTS) is 1. The molecule has 2 amide bonds. The van der Waals surface area contributed by atoms with Crippen LogP contribution in [0.5, 0.6) is 0 Å². The number of methoxy groups -OCH3 is 1. The van der Waals surface area contributed by atoms with E-state index in [4.69, 9.17) is 9.84 Å². The Bertz CT molecular complexity index is 991. The van der Waals surface area contributed by atoms with Crippen LogP contribution in [0.2, 0.25) is 0 Å². The molecule has 2 aromatic rings. The molecule has 1 aliphatic rings. The minimum Gasteiger partial charge on any atom is -0.480 e. The lowest BCUT2D eigenvalue weighted by molar-refractivity contribution is -0.148. The number of esters is 1. The summed E-state index contributed by atoms with van der Waals surface area (Å²) >= 11 is 0. The van der Waals surface area contributed by atoms with Crippen molar-refractivity contribution in [2.45, 2.75) is 31.3 Å². The third kappa shape index (κ3) is 5.05. The molecular weight excluding hydrogens is 416 g/mol. The predicted molar refractivity (Wildman–Crippen MR) is 114 cm³/mol. The summed E-state index contributed by atoms with van der Waals surface area (Å²) in [6.45, 7) is 1.46. The molecule has 1 aliphatic carbocycles. The topological polar surface area (TPSA) is 131 Å². The summed E-state index contributed by atoms with van der Waals surface area (Å²) in [5.74, 6) is -3.07. The van der Waals surface area contributed by atoms with Gasteiger partial charge in [-0.15, -0.1) is 0 Å². The van der Waals surface area contributed by atoms with Gasteiger partial charge in [-0.25, -0.2) is 9.59 Å². The normalized spacial score (nSPS) is 13.8. The first-order chi connectivity index (χ1) is 15.3. The van der Waals surface area contributed by atoms with Gasteiger partial charge in [-0.3, -0.25) is 9.59 Å². The van der Waals surface area contributed by atoms with Crippen molar-refractivity contribution in [1.29, 1.82) is 0 Å². The van der Waals surface area contributed by atoms with Gasteiger partial charge in [-0.05, 0) is 29.2 Å². The molecule has 9 heteroatoms. The van der Waals surface area contributed by atoms with Gasteiger partial charge in [-0.2, -0.15) is 0 Å². The number of hydrogen-bond acceptors (Lipinski definition) is 6. The van der Waals surface area contributed by atoms with Gasteiger partial charge < -0.3 is 25.2 Å². The van der Waals surface area contributed by atoms with Gasteiger partial charge in [0.15, 0.2) is 0 Å². The van der Waals surface area contributed by atoms with E-state index in [1.165, 1.54) is 6.92 Å². The first kappa shape index (κ1) is 22.8. The lowest BCUT2D eigenvalue weighted by Crippen LogP contribution is -2.51. The Kier molecular flexibility index (Phi) is 7.09. The van der Waals surface area contributed by atoms with Crippen molar-refractivity contribution < 1.29 is 33.8 Å². The summed E-state index contributed by atoms with van der Waals surface area (Å²) in [6, 6.07) is 13.2. The van der Waals surface area contributed by atoms with Crippen molar-refractivity contribution in [3.8, 4) is 11.1 Å². The fourth-order valence-corrected chi connectivity index (χ4v) is 3.63. The fraction of sp³-hybridized carbons (Fsp3) is 0.304. The highest BCUT2D eigenvalue weighted by atomic mass is 16.5. The standard InChI is InChI=1S/C23H24N2O7/c1-13(21(27)25-19(22(28)29)11-20(26)31-2)24-23(30)32-12-18-16-9-5-3-7-14(16)15-8-4-6-10-17(15)18/h3-10,13,18-19H,11-12H2,1-2H3,(H,24,30)(H,25,27)(H,28,29)/t13?,19-/m1/s1. The van der Waals surface area contributed by atoms with Crippen molar-refractivity contribution in [1.82, 2.24) is 10.6 Å². The van der Waals surface area contributed by atoms with E-state index in [9.17, 15) is 19.2 Å². The van der Waals surface area contributed by atoms with E-state index in [2.05, 4.69) is 15.4 Å². The Morgan fingerprint density at radius 3 is 2.06 bits per heavy atom. The van der Waals surface area contributed by atoms with Gasteiger partial charge in [0, 0.05) is 5.92 Å². The summed E-state index contributed by atoms with van der Waals surface area (Å²) in [6.07, 6.45) is -1.34. The van der Waals surface area contributed by atoms with Crippen molar-refractivity contribution in [3.05, 3.63) is 59.7 Å². The van der Waals surface area contributed by atoms with E-state index in [-0.39, 0.29) is 12.5 Å². The molecule has 9 nitrogen and oxygen atoms in total. The summed E-state index contributed by atoms with van der Waals surface area (Å²) in [5, 5.41) is 13.7. The SMILES string of the molecule is COC(=O)C[C@@H](NC(=O)C(C)NC(=O)OCC1c2ccccc2-c2ccccc21)C(=O)O. The lowest BCUT2D eigenvalue weighted by Gasteiger charge is -2.19. The highest BCUT2D eigenvalue weighted by Gasteiger charge is 2.30. The maximum Gasteiger partial charge on any atom is 0.407 e. The van der Waals surface area contributed by atoms with E-state index in [1.54, 1.807) is 0 Å². The summed E-state index contributed by atoms with van der Waals surface area (Å²) < 4.78 is 9.80. The summed E-state index contributed by atoms with van der Waals surface area (Å²) in [7, 11) is 1.12. The Morgan fingerprint density at radius 2 is 1.53 bits per heavy atom. The average Bonchev–Trinajstić information content (AvgIpc) is 3.10. The van der Waals surface area contributed by atoms with Crippen LogP contribution in [-0.4, -0.2) is 54.8 Å². The summed E-state index contributed by atoms with van der Waals surface area (Å²) in [4.78, 5) is 47.1. The first-order valence-electron chi connectivity index (χ1n) is 10.0. The van der Waals surface area contributed by atoms with Crippen LogP contribution in [-0.2, 0) is 23.9 Å². The summed E-state index contributed by atoms with van der Waals surface area (Å²) in [5.41, 5.74) is 4.30. The molecule has 2 aromatic carbocycles. The number of nitrogens with one attached hydrogen (secondary N) is 2. The van der Waals surface area contributed by atoms with E-state index in [1.807, 2.05) is 48.5 Å². The minimum absolute atomic E-state index is 0.0777. The van der Waals surface area contributed by atoms with Crippen LogP contribution in [0.1, 0.15) is 30.4 Å². The van der Waals surface area contributed by atoms with Gasteiger partial charge in [0.05, 0.1) is 13.5 Å². The van der Waals surface area contributed by atoms with E-state index < -0.39 is 42.4 Å². The molecule has 0 radical (unpaired) electrons.